The summed E-state index contributed by atoms with van der Waals surface area (Å²) < 4.78 is 4.99. The van der Waals surface area contributed by atoms with Crippen molar-refractivity contribution in [1.82, 2.24) is 5.32 Å². The number of allylic oxidation sites excluding steroid dienone is 1. The largest absolute Gasteiger partial charge is 0.466 e. The van der Waals surface area contributed by atoms with Crippen molar-refractivity contribution in [2.24, 2.45) is 5.92 Å². The lowest BCUT2D eigenvalue weighted by molar-refractivity contribution is -0.148. The quantitative estimate of drug-likeness (QED) is 0.548. The van der Waals surface area contributed by atoms with Crippen molar-refractivity contribution in [2.45, 2.75) is 26.2 Å². The Morgan fingerprint density at radius 1 is 1.71 bits per heavy atom. The van der Waals surface area contributed by atoms with Crippen molar-refractivity contribution < 1.29 is 9.53 Å². The average Bonchev–Trinajstić information content (AvgIpc) is 2.20. The third-order valence-electron chi connectivity index (χ3n) is 2.53. The van der Waals surface area contributed by atoms with Crippen LogP contribution in [0.15, 0.2) is 11.6 Å². The number of carbonyl (C=O) groups excluding carboxylic acids is 1. The van der Waals surface area contributed by atoms with E-state index in [0.29, 0.717) is 6.61 Å². The summed E-state index contributed by atoms with van der Waals surface area (Å²) in [5.74, 6) is 0.0582. The van der Waals surface area contributed by atoms with Crippen LogP contribution in [0.4, 0.5) is 0 Å². The summed E-state index contributed by atoms with van der Waals surface area (Å²) in [6.45, 7) is 3.28. The molecule has 1 rings (SSSR count). The Bertz CT molecular complexity index is 223. The number of rotatable bonds is 4. The van der Waals surface area contributed by atoms with Crippen LogP contribution in [-0.4, -0.2) is 26.2 Å². The summed E-state index contributed by atoms with van der Waals surface area (Å²) in [5.41, 5.74) is 1.41. The van der Waals surface area contributed by atoms with Crippen molar-refractivity contribution in [3.63, 3.8) is 0 Å². The van der Waals surface area contributed by atoms with E-state index in [1.165, 1.54) is 5.57 Å². The summed E-state index contributed by atoms with van der Waals surface area (Å²) in [5, 5.41) is 3.12. The van der Waals surface area contributed by atoms with E-state index in [9.17, 15) is 4.79 Å². The van der Waals surface area contributed by atoms with Gasteiger partial charge < -0.3 is 10.1 Å². The van der Waals surface area contributed by atoms with Gasteiger partial charge >= 0.3 is 5.97 Å². The molecule has 0 saturated carbocycles. The fourth-order valence-electron chi connectivity index (χ4n) is 1.75. The van der Waals surface area contributed by atoms with E-state index in [-0.39, 0.29) is 11.9 Å². The van der Waals surface area contributed by atoms with Crippen LogP contribution < -0.4 is 5.32 Å². The highest BCUT2D eigenvalue weighted by molar-refractivity contribution is 5.72. The van der Waals surface area contributed by atoms with Gasteiger partial charge in [-0.25, -0.2) is 0 Å². The van der Waals surface area contributed by atoms with Gasteiger partial charge in [-0.05, 0) is 33.2 Å². The van der Waals surface area contributed by atoms with Crippen molar-refractivity contribution >= 4 is 5.97 Å². The number of esters is 1. The molecule has 1 unspecified atom stereocenters. The summed E-state index contributed by atoms with van der Waals surface area (Å²) >= 11 is 0. The van der Waals surface area contributed by atoms with Crippen LogP contribution in [-0.2, 0) is 9.53 Å². The zero-order valence-corrected chi connectivity index (χ0v) is 9.01. The molecule has 1 N–H and O–H groups in total. The Kier molecular flexibility index (Phi) is 4.66. The minimum atomic E-state index is -0.0349. The molecule has 0 fully saturated rings. The van der Waals surface area contributed by atoms with Crippen LogP contribution in [0, 0.1) is 5.92 Å². The molecule has 0 aliphatic heterocycles. The van der Waals surface area contributed by atoms with Crippen LogP contribution >= 0.6 is 0 Å². The lowest BCUT2D eigenvalue weighted by Crippen LogP contribution is -2.22. The fourth-order valence-corrected chi connectivity index (χ4v) is 1.75. The molecule has 0 aromatic carbocycles. The van der Waals surface area contributed by atoms with Crippen molar-refractivity contribution in [1.29, 1.82) is 0 Å². The van der Waals surface area contributed by atoms with Gasteiger partial charge in [0, 0.05) is 6.54 Å². The van der Waals surface area contributed by atoms with Crippen molar-refractivity contribution in [3.05, 3.63) is 11.6 Å². The Morgan fingerprint density at radius 2 is 2.50 bits per heavy atom. The third-order valence-corrected chi connectivity index (χ3v) is 2.53. The maximum Gasteiger partial charge on any atom is 0.309 e. The number of hydrogen-bond acceptors (Lipinski definition) is 3. The molecule has 0 amide bonds. The topological polar surface area (TPSA) is 38.3 Å². The minimum absolute atomic E-state index is 0.0349. The fraction of sp³-hybridized carbons (Fsp3) is 0.727. The molecule has 0 radical (unpaired) electrons. The van der Waals surface area contributed by atoms with Gasteiger partial charge in [0.1, 0.15) is 0 Å². The van der Waals surface area contributed by atoms with E-state index >= 15 is 0 Å². The molecule has 0 bridgehead atoms. The summed E-state index contributed by atoms with van der Waals surface area (Å²) in [4.78, 5) is 11.4. The Balaban J connectivity index is 2.38. The van der Waals surface area contributed by atoms with E-state index in [1.54, 1.807) is 0 Å². The molecule has 1 atom stereocenters. The highest BCUT2D eigenvalue weighted by Crippen LogP contribution is 2.24. The maximum atomic E-state index is 11.4. The number of ether oxygens (including phenoxy) is 1. The Labute approximate surface area is 85.5 Å². The number of likely N-dealkylation sites (N-methyl/N-ethyl adjacent to an activating group) is 1. The summed E-state index contributed by atoms with van der Waals surface area (Å²) in [6, 6.07) is 0. The molecular formula is C11H19NO2. The highest BCUT2D eigenvalue weighted by Gasteiger charge is 2.21. The van der Waals surface area contributed by atoms with E-state index < -0.39 is 0 Å². The second-order valence-corrected chi connectivity index (χ2v) is 3.62. The maximum absolute atomic E-state index is 11.4. The average molecular weight is 197 g/mol. The van der Waals surface area contributed by atoms with Gasteiger partial charge in [-0.3, -0.25) is 4.79 Å². The highest BCUT2D eigenvalue weighted by atomic mass is 16.5. The van der Waals surface area contributed by atoms with Gasteiger partial charge in [-0.1, -0.05) is 11.6 Å². The van der Waals surface area contributed by atoms with E-state index in [0.717, 1.165) is 25.8 Å². The van der Waals surface area contributed by atoms with Gasteiger partial charge in [0.25, 0.3) is 0 Å². The molecule has 3 nitrogen and oxygen atoms in total. The smallest absolute Gasteiger partial charge is 0.309 e. The number of hydrogen-bond donors (Lipinski definition) is 1. The first kappa shape index (κ1) is 11.2. The van der Waals surface area contributed by atoms with Gasteiger partial charge in [-0.15, -0.1) is 0 Å². The SMILES string of the molecule is CCOC(=O)C1CC=C(CNC)CC1. The predicted octanol–water partition coefficient (Wildman–Crippen LogP) is 1.50. The van der Waals surface area contributed by atoms with Gasteiger partial charge in [0.15, 0.2) is 0 Å². The van der Waals surface area contributed by atoms with Crippen LogP contribution in [0.5, 0.6) is 0 Å². The third kappa shape index (κ3) is 3.14. The van der Waals surface area contributed by atoms with Crippen LogP contribution in [0.2, 0.25) is 0 Å². The molecule has 0 saturated heterocycles. The molecule has 0 aromatic heterocycles. The van der Waals surface area contributed by atoms with E-state index in [4.69, 9.17) is 4.74 Å². The summed E-state index contributed by atoms with van der Waals surface area (Å²) in [6.07, 6.45) is 4.97. The lowest BCUT2D eigenvalue weighted by Gasteiger charge is -2.20. The predicted molar refractivity (Wildman–Crippen MR) is 56.0 cm³/mol. The minimum Gasteiger partial charge on any atom is -0.466 e. The first-order chi connectivity index (χ1) is 6.77. The zero-order valence-electron chi connectivity index (χ0n) is 9.01. The first-order valence-electron chi connectivity index (χ1n) is 5.27. The van der Waals surface area contributed by atoms with E-state index in [1.807, 2.05) is 14.0 Å². The molecular weight excluding hydrogens is 178 g/mol. The number of carbonyl (C=O) groups is 1. The molecule has 14 heavy (non-hydrogen) atoms. The molecule has 1 aliphatic rings. The van der Waals surface area contributed by atoms with Gasteiger partial charge in [-0.2, -0.15) is 0 Å². The number of nitrogens with one attached hydrogen (secondary N) is 1. The second-order valence-electron chi connectivity index (χ2n) is 3.62. The summed E-state index contributed by atoms with van der Waals surface area (Å²) in [7, 11) is 1.94. The molecule has 80 valence electrons. The first-order valence-corrected chi connectivity index (χ1v) is 5.27. The lowest BCUT2D eigenvalue weighted by atomic mass is 9.89. The van der Waals surface area contributed by atoms with Crippen molar-refractivity contribution in [2.75, 3.05) is 20.2 Å². The molecule has 3 heteroatoms. The van der Waals surface area contributed by atoms with Crippen LogP contribution in [0.1, 0.15) is 26.2 Å². The molecule has 1 aliphatic carbocycles. The van der Waals surface area contributed by atoms with Crippen molar-refractivity contribution in [3.8, 4) is 0 Å². The molecule has 0 heterocycles. The Hall–Kier alpha value is -0.830. The van der Waals surface area contributed by atoms with Gasteiger partial charge in [0.05, 0.1) is 12.5 Å². The standard InChI is InChI=1S/C11H19NO2/c1-3-14-11(13)10-6-4-9(5-7-10)8-12-2/h4,10,12H,3,5-8H2,1-2H3. The molecule has 0 spiro atoms. The van der Waals surface area contributed by atoms with E-state index in [2.05, 4.69) is 11.4 Å². The zero-order chi connectivity index (χ0) is 10.4. The van der Waals surface area contributed by atoms with Crippen LogP contribution in [0.3, 0.4) is 0 Å². The monoisotopic (exact) mass is 197 g/mol. The Morgan fingerprint density at radius 3 is 3.00 bits per heavy atom. The van der Waals surface area contributed by atoms with Gasteiger partial charge in [0.2, 0.25) is 0 Å². The second kappa shape index (κ2) is 5.81. The van der Waals surface area contributed by atoms with Crippen LogP contribution in [0.25, 0.3) is 0 Å². The normalized spacial score (nSPS) is 21.6. The molecule has 0 aromatic rings.